The van der Waals surface area contributed by atoms with Gasteiger partial charge in [-0.1, -0.05) is 12.1 Å². The van der Waals surface area contributed by atoms with Gasteiger partial charge < -0.3 is 10.2 Å². The van der Waals surface area contributed by atoms with Gasteiger partial charge in [-0.3, -0.25) is 14.6 Å². The molecule has 1 fully saturated rings. The van der Waals surface area contributed by atoms with Crippen molar-refractivity contribution < 1.29 is 14.0 Å². The first-order chi connectivity index (χ1) is 12.1. The van der Waals surface area contributed by atoms with Crippen molar-refractivity contribution in [1.29, 1.82) is 0 Å². The molecule has 1 aromatic heterocycles. The number of amides is 2. The van der Waals surface area contributed by atoms with E-state index in [1.54, 1.807) is 23.1 Å². The molecule has 130 valence electrons. The van der Waals surface area contributed by atoms with Gasteiger partial charge >= 0.3 is 0 Å². The van der Waals surface area contributed by atoms with Crippen molar-refractivity contribution in [3.8, 4) is 0 Å². The molecule has 2 aromatic rings. The molecule has 0 atom stereocenters. The molecule has 6 heteroatoms. The number of halogens is 1. The predicted molar refractivity (Wildman–Crippen MR) is 91.8 cm³/mol. The number of rotatable bonds is 5. The molecule has 1 N–H and O–H groups in total. The Labute approximate surface area is 145 Å². The lowest BCUT2D eigenvalue weighted by molar-refractivity contribution is 0.0792. The minimum Gasteiger partial charge on any atom is -0.352 e. The first-order valence-electron chi connectivity index (χ1n) is 8.40. The molecule has 5 nitrogen and oxygen atoms in total. The topological polar surface area (TPSA) is 62.3 Å². The number of pyridine rings is 1. The number of carbonyl (C=O) groups excluding carboxylic acids is 2. The lowest BCUT2D eigenvalue weighted by atomic mass is 10.1. The zero-order chi connectivity index (χ0) is 17.6. The molecule has 0 saturated carbocycles. The maximum absolute atomic E-state index is 12.9. The van der Waals surface area contributed by atoms with Crippen LogP contribution in [0.3, 0.4) is 0 Å². The van der Waals surface area contributed by atoms with Gasteiger partial charge in [0, 0.05) is 32.0 Å². The first kappa shape index (κ1) is 17.1. The summed E-state index contributed by atoms with van der Waals surface area (Å²) < 4.78 is 12.9. The highest BCUT2D eigenvalue weighted by Gasteiger charge is 2.20. The molecule has 3 rings (SSSR count). The van der Waals surface area contributed by atoms with E-state index in [1.165, 1.54) is 24.5 Å². The quantitative estimate of drug-likeness (QED) is 0.908. The molecular weight excluding hydrogens is 321 g/mol. The van der Waals surface area contributed by atoms with Gasteiger partial charge in [0.15, 0.2) is 0 Å². The number of aromatic nitrogens is 1. The summed E-state index contributed by atoms with van der Waals surface area (Å²) in [5.74, 6) is -0.630. The number of benzene rings is 1. The van der Waals surface area contributed by atoms with E-state index in [2.05, 4.69) is 10.3 Å². The monoisotopic (exact) mass is 341 g/mol. The van der Waals surface area contributed by atoms with Crippen LogP contribution in [0.1, 0.15) is 39.1 Å². The van der Waals surface area contributed by atoms with Crippen molar-refractivity contribution in [2.75, 3.05) is 19.6 Å². The molecule has 1 aliphatic rings. The van der Waals surface area contributed by atoms with Gasteiger partial charge in [0.25, 0.3) is 11.8 Å². The van der Waals surface area contributed by atoms with Gasteiger partial charge in [-0.15, -0.1) is 0 Å². The van der Waals surface area contributed by atoms with Crippen LogP contribution in [0.4, 0.5) is 4.39 Å². The maximum atomic E-state index is 12.9. The van der Waals surface area contributed by atoms with E-state index >= 15 is 0 Å². The van der Waals surface area contributed by atoms with Gasteiger partial charge in [0.05, 0.1) is 11.1 Å². The summed E-state index contributed by atoms with van der Waals surface area (Å²) in [5, 5.41) is 2.80. The third kappa shape index (κ3) is 4.41. The van der Waals surface area contributed by atoms with Crippen molar-refractivity contribution in [3.05, 3.63) is 65.2 Å². The van der Waals surface area contributed by atoms with Crippen LogP contribution in [0.25, 0.3) is 0 Å². The molecule has 0 aliphatic carbocycles. The number of nitrogens with one attached hydrogen (secondary N) is 1. The molecule has 0 radical (unpaired) electrons. The van der Waals surface area contributed by atoms with Gasteiger partial charge in [-0.05, 0) is 43.0 Å². The van der Waals surface area contributed by atoms with E-state index in [9.17, 15) is 14.0 Å². The molecule has 0 bridgehead atoms. The van der Waals surface area contributed by atoms with Crippen LogP contribution in [-0.4, -0.2) is 41.3 Å². The highest BCUT2D eigenvalue weighted by atomic mass is 19.1. The first-order valence-corrected chi connectivity index (χ1v) is 8.40. The number of likely N-dealkylation sites (tertiary alicyclic amines) is 1. The lowest BCUT2D eigenvalue weighted by Crippen LogP contribution is -2.29. The van der Waals surface area contributed by atoms with Crippen molar-refractivity contribution in [2.45, 2.75) is 19.3 Å². The molecule has 1 saturated heterocycles. The van der Waals surface area contributed by atoms with Crippen molar-refractivity contribution in [2.24, 2.45) is 0 Å². The highest BCUT2D eigenvalue weighted by molar-refractivity contribution is 5.99. The van der Waals surface area contributed by atoms with Crippen LogP contribution in [-0.2, 0) is 6.42 Å². The summed E-state index contributed by atoms with van der Waals surface area (Å²) in [6.45, 7) is 1.94. The molecular formula is C19H20FN3O2. The SMILES string of the molecule is O=C(NCCc1ccc(F)cc1)c1cncc(C(=O)N2CCCC2)c1. The number of hydrogen-bond donors (Lipinski definition) is 1. The summed E-state index contributed by atoms with van der Waals surface area (Å²) in [7, 11) is 0. The maximum Gasteiger partial charge on any atom is 0.255 e. The van der Waals surface area contributed by atoms with Gasteiger partial charge in [0.2, 0.25) is 0 Å². The Bertz CT molecular complexity index is 756. The second kappa shape index (κ2) is 7.88. The van der Waals surface area contributed by atoms with Crippen molar-refractivity contribution in [1.82, 2.24) is 15.2 Å². The minimum absolute atomic E-state index is 0.0778. The molecule has 1 aliphatic heterocycles. The third-order valence-corrected chi connectivity index (χ3v) is 4.25. The van der Waals surface area contributed by atoms with Crippen LogP contribution in [0.5, 0.6) is 0 Å². The Morgan fingerprint density at radius 1 is 1.08 bits per heavy atom. The molecule has 2 amide bonds. The highest BCUT2D eigenvalue weighted by Crippen LogP contribution is 2.13. The second-order valence-electron chi connectivity index (χ2n) is 6.09. The fourth-order valence-electron chi connectivity index (χ4n) is 2.86. The van der Waals surface area contributed by atoms with Crippen LogP contribution < -0.4 is 5.32 Å². The lowest BCUT2D eigenvalue weighted by Gasteiger charge is -2.15. The average molecular weight is 341 g/mol. The summed E-state index contributed by atoms with van der Waals surface area (Å²) in [5.41, 5.74) is 1.75. The summed E-state index contributed by atoms with van der Waals surface area (Å²) in [6.07, 6.45) is 5.58. The van der Waals surface area contributed by atoms with E-state index in [0.29, 0.717) is 24.1 Å². The Hall–Kier alpha value is -2.76. The van der Waals surface area contributed by atoms with Crippen LogP contribution in [0.15, 0.2) is 42.7 Å². The fourth-order valence-corrected chi connectivity index (χ4v) is 2.86. The Kier molecular flexibility index (Phi) is 5.38. The van der Waals surface area contributed by atoms with E-state index < -0.39 is 0 Å². The second-order valence-corrected chi connectivity index (χ2v) is 6.09. The molecule has 2 heterocycles. The predicted octanol–water partition coefficient (Wildman–Crippen LogP) is 2.43. The third-order valence-electron chi connectivity index (χ3n) is 4.25. The Morgan fingerprint density at radius 2 is 1.76 bits per heavy atom. The standard InChI is InChI=1S/C19H20FN3O2/c20-17-5-3-14(4-6-17)7-8-22-18(24)15-11-16(13-21-12-15)19(25)23-9-1-2-10-23/h3-6,11-13H,1-2,7-10H2,(H,22,24). The minimum atomic E-state index is -0.279. The Morgan fingerprint density at radius 3 is 2.48 bits per heavy atom. The van der Waals surface area contributed by atoms with Crippen LogP contribution in [0.2, 0.25) is 0 Å². The normalized spacial score (nSPS) is 13.7. The summed E-state index contributed by atoms with van der Waals surface area (Å²) in [6, 6.07) is 7.76. The average Bonchev–Trinajstić information content (AvgIpc) is 3.17. The van der Waals surface area contributed by atoms with Crippen LogP contribution in [0, 0.1) is 5.82 Å². The molecule has 0 spiro atoms. The zero-order valence-corrected chi connectivity index (χ0v) is 13.9. The largest absolute Gasteiger partial charge is 0.352 e. The Balaban J connectivity index is 1.57. The van der Waals surface area contributed by atoms with Crippen LogP contribution >= 0.6 is 0 Å². The fraction of sp³-hybridized carbons (Fsp3) is 0.316. The van der Waals surface area contributed by atoms with E-state index in [4.69, 9.17) is 0 Å². The van der Waals surface area contributed by atoms with Crippen molar-refractivity contribution in [3.63, 3.8) is 0 Å². The van der Waals surface area contributed by atoms with Gasteiger partial charge in [0.1, 0.15) is 5.82 Å². The van der Waals surface area contributed by atoms with Gasteiger partial charge in [-0.2, -0.15) is 0 Å². The van der Waals surface area contributed by atoms with Crippen molar-refractivity contribution >= 4 is 11.8 Å². The molecule has 25 heavy (non-hydrogen) atoms. The van der Waals surface area contributed by atoms with E-state index in [1.807, 2.05) is 0 Å². The van der Waals surface area contributed by atoms with E-state index in [0.717, 1.165) is 31.5 Å². The van der Waals surface area contributed by atoms with E-state index in [-0.39, 0.29) is 17.6 Å². The number of hydrogen-bond acceptors (Lipinski definition) is 3. The zero-order valence-electron chi connectivity index (χ0n) is 13.9. The summed E-state index contributed by atoms with van der Waals surface area (Å²) >= 11 is 0. The smallest absolute Gasteiger partial charge is 0.255 e. The number of nitrogens with zero attached hydrogens (tertiary/aromatic N) is 2. The molecule has 1 aromatic carbocycles. The van der Waals surface area contributed by atoms with Gasteiger partial charge in [-0.25, -0.2) is 4.39 Å². The number of carbonyl (C=O) groups is 2. The summed E-state index contributed by atoms with van der Waals surface area (Å²) in [4.78, 5) is 30.4. The molecule has 0 unspecified atom stereocenters.